The Morgan fingerprint density at radius 1 is 1.18 bits per heavy atom. The molecule has 4 aliphatic rings. The Kier molecular flexibility index (Phi) is 3.61. The van der Waals surface area contributed by atoms with Crippen LogP contribution < -0.4 is 10.6 Å². The summed E-state index contributed by atoms with van der Waals surface area (Å²) in [6.45, 7) is 0.384. The summed E-state index contributed by atoms with van der Waals surface area (Å²) in [6, 6.07) is 3.46. The third-order valence-corrected chi connectivity index (χ3v) is 5.90. The molecule has 0 radical (unpaired) electrons. The maximum Gasteiger partial charge on any atom is 0.238 e. The van der Waals surface area contributed by atoms with Crippen molar-refractivity contribution < 1.29 is 4.79 Å². The highest BCUT2D eigenvalue weighted by atomic mass is 35.5. The van der Waals surface area contributed by atoms with Gasteiger partial charge in [0, 0.05) is 5.54 Å². The molecule has 118 valence electrons. The Hall–Kier alpha value is -1.13. The monoisotopic (exact) mass is 319 g/mol. The number of amides is 1. The summed E-state index contributed by atoms with van der Waals surface area (Å²) in [6.07, 6.45) is 9.63. The average molecular weight is 320 g/mol. The first kappa shape index (κ1) is 14.5. The van der Waals surface area contributed by atoms with Crippen LogP contribution in [0.2, 0.25) is 5.15 Å². The van der Waals surface area contributed by atoms with E-state index in [-0.39, 0.29) is 11.4 Å². The normalized spacial score (nSPS) is 35.6. The van der Waals surface area contributed by atoms with E-state index in [0.29, 0.717) is 17.4 Å². The fourth-order valence-corrected chi connectivity index (χ4v) is 5.36. The summed E-state index contributed by atoms with van der Waals surface area (Å²) in [7, 11) is 0. The smallest absolute Gasteiger partial charge is 0.238 e. The van der Waals surface area contributed by atoms with E-state index in [1.807, 2.05) is 0 Å². The lowest BCUT2D eigenvalue weighted by Crippen LogP contribution is -2.59. The Morgan fingerprint density at radius 2 is 1.82 bits per heavy atom. The number of carbonyl (C=O) groups is 1. The minimum absolute atomic E-state index is 0.000122. The second kappa shape index (κ2) is 5.50. The van der Waals surface area contributed by atoms with Crippen LogP contribution in [0.25, 0.3) is 0 Å². The number of hydrogen-bond acceptors (Lipinski definition) is 3. The summed E-state index contributed by atoms with van der Waals surface area (Å²) in [4.78, 5) is 16.1. The van der Waals surface area contributed by atoms with Gasteiger partial charge in [0.15, 0.2) is 0 Å². The quantitative estimate of drug-likeness (QED) is 0.838. The van der Waals surface area contributed by atoms with Crippen LogP contribution in [0.3, 0.4) is 0 Å². The molecule has 4 bridgehead atoms. The summed E-state index contributed by atoms with van der Waals surface area (Å²) in [5.41, 5.74) is 0.923. The SMILES string of the molecule is O=C(CNC12CC3CC(CC(C3)C1)C2)Nc1ccc(Cl)nc1. The summed E-state index contributed by atoms with van der Waals surface area (Å²) in [5, 5.41) is 6.91. The highest BCUT2D eigenvalue weighted by Gasteiger charge is 2.50. The molecule has 5 rings (SSSR count). The number of nitrogens with zero attached hydrogens (tertiary/aromatic N) is 1. The summed E-state index contributed by atoms with van der Waals surface area (Å²) < 4.78 is 0. The zero-order chi connectivity index (χ0) is 15.2. The van der Waals surface area contributed by atoms with E-state index in [2.05, 4.69) is 15.6 Å². The molecule has 22 heavy (non-hydrogen) atoms. The fraction of sp³-hybridized carbons (Fsp3) is 0.647. The van der Waals surface area contributed by atoms with Crippen molar-refractivity contribution in [3.63, 3.8) is 0 Å². The Morgan fingerprint density at radius 3 is 2.36 bits per heavy atom. The van der Waals surface area contributed by atoms with Gasteiger partial charge in [-0.1, -0.05) is 11.6 Å². The fourth-order valence-electron chi connectivity index (χ4n) is 5.25. The van der Waals surface area contributed by atoms with Crippen LogP contribution >= 0.6 is 11.6 Å². The molecule has 4 nitrogen and oxygen atoms in total. The molecule has 4 saturated carbocycles. The number of aromatic nitrogens is 1. The Balaban J connectivity index is 1.34. The van der Waals surface area contributed by atoms with E-state index in [1.54, 1.807) is 18.3 Å². The number of halogens is 1. The third kappa shape index (κ3) is 2.86. The van der Waals surface area contributed by atoms with Gasteiger partial charge in [-0.15, -0.1) is 0 Å². The van der Waals surface area contributed by atoms with Crippen LogP contribution in [0.1, 0.15) is 38.5 Å². The molecule has 1 aromatic rings. The minimum atomic E-state index is -0.000122. The van der Waals surface area contributed by atoms with Crippen LogP contribution in [0.15, 0.2) is 18.3 Å². The Labute approximate surface area is 136 Å². The number of pyridine rings is 1. The lowest BCUT2D eigenvalue weighted by molar-refractivity contribution is -0.116. The first-order valence-electron chi connectivity index (χ1n) is 8.27. The van der Waals surface area contributed by atoms with Crippen LogP contribution in [-0.2, 0) is 4.79 Å². The van der Waals surface area contributed by atoms with Gasteiger partial charge < -0.3 is 10.6 Å². The molecule has 4 fully saturated rings. The van der Waals surface area contributed by atoms with Crippen LogP contribution in [0, 0.1) is 17.8 Å². The van der Waals surface area contributed by atoms with Gasteiger partial charge in [-0.3, -0.25) is 4.79 Å². The number of carbonyl (C=O) groups excluding carboxylic acids is 1. The van der Waals surface area contributed by atoms with Crippen molar-refractivity contribution in [2.75, 3.05) is 11.9 Å². The van der Waals surface area contributed by atoms with Crippen molar-refractivity contribution in [1.82, 2.24) is 10.3 Å². The first-order chi connectivity index (χ1) is 10.6. The molecule has 1 aromatic heterocycles. The standard InChI is InChI=1S/C17H22ClN3O/c18-15-2-1-14(9-19-15)21-16(22)10-20-17-6-11-3-12(7-17)5-13(4-11)8-17/h1-2,9,11-13,20H,3-8,10H2,(H,21,22). The van der Waals surface area contributed by atoms with Gasteiger partial charge in [0.25, 0.3) is 0 Å². The van der Waals surface area contributed by atoms with Gasteiger partial charge in [-0.25, -0.2) is 4.98 Å². The van der Waals surface area contributed by atoms with Gasteiger partial charge >= 0.3 is 0 Å². The van der Waals surface area contributed by atoms with Crippen molar-refractivity contribution in [3.8, 4) is 0 Å². The Bertz CT molecular complexity index is 536. The minimum Gasteiger partial charge on any atom is -0.324 e. The van der Waals surface area contributed by atoms with Gasteiger partial charge in [0.05, 0.1) is 18.4 Å². The predicted molar refractivity (Wildman–Crippen MR) is 86.8 cm³/mol. The van der Waals surface area contributed by atoms with E-state index < -0.39 is 0 Å². The molecular formula is C17H22ClN3O. The van der Waals surface area contributed by atoms with Crippen LogP contribution in [0.4, 0.5) is 5.69 Å². The molecule has 1 heterocycles. The molecule has 0 aliphatic heterocycles. The van der Waals surface area contributed by atoms with Crippen LogP contribution in [0.5, 0.6) is 0 Å². The number of anilines is 1. The van der Waals surface area contributed by atoms with E-state index >= 15 is 0 Å². The van der Waals surface area contributed by atoms with Gasteiger partial charge in [-0.2, -0.15) is 0 Å². The molecule has 4 aliphatic carbocycles. The van der Waals surface area contributed by atoms with Crippen LogP contribution in [-0.4, -0.2) is 23.0 Å². The molecule has 0 atom stereocenters. The molecule has 1 amide bonds. The number of rotatable bonds is 4. The first-order valence-corrected chi connectivity index (χ1v) is 8.64. The number of nitrogens with one attached hydrogen (secondary N) is 2. The number of hydrogen-bond donors (Lipinski definition) is 2. The average Bonchev–Trinajstić information content (AvgIpc) is 2.46. The summed E-state index contributed by atoms with van der Waals surface area (Å²) in [5.74, 6) is 2.67. The van der Waals surface area contributed by atoms with Crippen molar-refractivity contribution in [2.45, 2.75) is 44.1 Å². The summed E-state index contributed by atoms with van der Waals surface area (Å²) >= 11 is 5.75. The largest absolute Gasteiger partial charge is 0.324 e. The second-order valence-electron chi connectivity index (χ2n) is 7.47. The zero-order valence-corrected chi connectivity index (χ0v) is 13.4. The van der Waals surface area contributed by atoms with E-state index in [1.165, 1.54) is 38.5 Å². The maximum atomic E-state index is 12.2. The van der Waals surface area contributed by atoms with Crippen molar-refractivity contribution in [2.24, 2.45) is 17.8 Å². The van der Waals surface area contributed by atoms with Gasteiger partial charge in [-0.05, 0) is 68.4 Å². The van der Waals surface area contributed by atoms with Gasteiger partial charge in [0.2, 0.25) is 5.91 Å². The molecule has 2 N–H and O–H groups in total. The molecule has 0 unspecified atom stereocenters. The van der Waals surface area contributed by atoms with Crippen molar-refractivity contribution >= 4 is 23.2 Å². The second-order valence-corrected chi connectivity index (χ2v) is 7.86. The van der Waals surface area contributed by atoms with E-state index in [9.17, 15) is 4.79 Å². The van der Waals surface area contributed by atoms with Gasteiger partial charge in [0.1, 0.15) is 5.15 Å². The lowest BCUT2D eigenvalue weighted by Gasteiger charge is -2.57. The maximum absolute atomic E-state index is 12.2. The van der Waals surface area contributed by atoms with Crippen molar-refractivity contribution in [1.29, 1.82) is 0 Å². The highest BCUT2D eigenvalue weighted by Crippen LogP contribution is 2.55. The van der Waals surface area contributed by atoms with Crippen molar-refractivity contribution in [3.05, 3.63) is 23.5 Å². The zero-order valence-electron chi connectivity index (χ0n) is 12.6. The third-order valence-electron chi connectivity index (χ3n) is 5.67. The van der Waals surface area contributed by atoms with E-state index in [0.717, 1.165) is 17.8 Å². The topological polar surface area (TPSA) is 54.0 Å². The lowest BCUT2D eigenvalue weighted by atomic mass is 9.53. The highest BCUT2D eigenvalue weighted by molar-refractivity contribution is 6.29. The predicted octanol–water partition coefficient (Wildman–Crippen LogP) is 3.23. The molecular weight excluding hydrogens is 298 g/mol. The van der Waals surface area contributed by atoms with E-state index in [4.69, 9.17) is 11.6 Å². The molecule has 0 saturated heterocycles. The molecule has 0 spiro atoms. The molecule has 0 aromatic carbocycles. The molecule has 5 heteroatoms.